The molecule has 0 amide bonds. The Bertz CT molecular complexity index is 2180. The molecule has 0 aliphatic rings. The summed E-state index contributed by atoms with van der Waals surface area (Å²) in [4.78, 5) is 36.9. The Morgan fingerprint density at radius 3 is 2.67 bits per heavy atom. The molecule has 194 valence electrons. The van der Waals surface area contributed by atoms with Crippen LogP contribution in [0.4, 0.5) is 0 Å². The van der Waals surface area contributed by atoms with Crippen LogP contribution in [-0.4, -0.2) is 28.9 Å². The third kappa shape index (κ3) is 3.96. The van der Waals surface area contributed by atoms with Crippen molar-refractivity contribution in [1.29, 1.82) is 10.5 Å². The van der Waals surface area contributed by atoms with Crippen LogP contribution in [0.2, 0.25) is 5.02 Å². The van der Waals surface area contributed by atoms with Gasteiger partial charge in [0.2, 0.25) is 0 Å². The van der Waals surface area contributed by atoms with E-state index in [0.717, 1.165) is 10.1 Å². The largest absolute Gasteiger partial charge is 0.336 e. The number of benzene rings is 1. The first-order chi connectivity index (χ1) is 19.4. The van der Waals surface area contributed by atoms with Crippen LogP contribution in [0.3, 0.4) is 0 Å². The van der Waals surface area contributed by atoms with Crippen LogP contribution in [0.15, 0.2) is 70.9 Å². The van der Waals surface area contributed by atoms with Crippen molar-refractivity contribution in [3.8, 4) is 39.4 Å². The van der Waals surface area contributed by atoms with Crippen molar-refractivity contribution in [3.05, 3.63) is 92.7 Å². The Labute approximate surface area is 235 Å². The van der Waals surface area contributed by atoms with Crippen molar-refractivity contribution >= 4 is 44.1 Å². The standard InChI is InChI=1S/C28H17ClN8O2S/c1-35-25-18(14-34-35)13-33-15-22(25)37-27(38)26-21(36(28(37)39)7-3-6-30)9-23(40-26)24-19(4-2-5-20(24)29)17-8-16(10-31)11-32-12-17/h2,4-5,8-9,11-15H,3,7H2,1H3. The molecule has 0 spiro atoms. The van der Waals surface area contributed by atoms with Crippen LogP contribution in [0.1, 0.15) is 12.0 Å². The first-order valence-corrected chi connectivity index (χ1v) is 13.2. The van der Waals surface area contributed by atoms with E-state index in [1.54, 1.807) is 54.6 Å². The van der Waals surface area contributed by atoms with Gasteiger partial charge in [-0.05, 0) is 23.8 Å². The number of pyridine rings is 2. The molecule has 0 unspecified atom stereocenters. The zero-order valence-electron chi connectivity index (χ0n) is 20.9. The molecule has 0 saturated heterocycles. The lowest BCUT2D eigenvalue weighted by Crippen LogP contribution is -2.38. The molecule has 0 radical (unpaired) electrons. The van der Waals surface area contributed by atoms with E-state index in [4.69, 9.17) is 11.6 Å². The number of rotatable bonds is 5. The van der Waals surface area contributed by atoms with Gasteiger partial charge in [-0.1, -0.05) is 23.7 Å². The maximum Gasteiger partial charge on any atom is 0.336 e. The van der Waals surface area contributed by atoms with Gasteiger partial charge < -0.3 is 0 Å². The summed E-state index contributed by atoms with van der Waals surface area (Å²) in [6.07, 6.45) is 7.87. The van der Waals surface area contributed by atoms with Gasteiger partial charge in [-0.3, -0.25) is 24.0 Å². The second-order valence-corrected chi connectivity index (χ2v) is 10.4. The maximum atomic E-state index is 14.0. The molecule has 5 heterocycles. The summed E-state index contributed by atoms with van der Waals surface area (Å²) in [6.45, 7) is 0.0839. The summed E-state index contributed by atoms with van der Waals surface area (Å²) < 4.78 is 4.43. The average molecular weight is 565 g/mol. The molecule has 0 N–H and O–H groups in total. The molecule has 0 atom stereocenters. The lowest BCUT2D eigenvalue weighted by atomic mass is 9.99. The van der Waals surface area contributed by atoms with Crippen LogP contribution < -0.4 is 11.2 Å². The minimum Gasteiger partial charge on any atom is -0.291 e. The normalized spacial score (nSPS) is 11.1. The van der Waals surface area contributed by atoms with Crippen LogP contribution >= 0.6 is 22.9 Å². The van der Waals surface area contributed by atoms with E-state index in [1.165, 1.54) is 28.3 Å². The van der Waals surface area contributed by atoms with Gasteiger partial charge in [0.25, 0.3) is 5.56 Å². The molecule has 40 heavy (non-hydrogen) atoms. The molecule has 10 nitrogen and oxygen atoms in total. The van der Waals surface area contributed by atoms with Gasteiger partial charge in [-0.15, -0.1) is 11.3 Å². The van der Waals surface area contributed by atoms with E-state index in [-0.39, 0.29) is 13.0 Å². The molecule has 0 bridgehead atoms. The van der Waals surface area contributed by atoms with Crippen molar-refractivity contribution in [1.82, 2.24) is 28.9 Å². The van der Waals surface area contributed by atoms with Gasteiger partial charge in [0, 0.05) is 58.6 Å². The van der Waals surface area contributed by atoms with Crippen LogP contribution in [0, 0.1) is 22.7 Å². The highest BCUT2D eigenvalue weighted by atomic mass is 35.5. The zero-order valence-corrected chi connectivity index (χ0v) is 22.4. The van der Waals surface area contributed by atoms with Crippen LogP contribution in [-0.2, 0) is 13.6 Å². The third-order valence-electron chi connectivity index (χ3n) is 6.57. The van der Waals surface area contributed by atoms with Gasteiger partial charge in [-0.25, -0.2) is 9.36 Å². The quantitative estimate of drug-likeness (QED) is 0.297. The number of aromatic nitrogens is 6. The van der Waals surface area contributed by atoms with E-state index in [1.807, 2.05) is 6.07 Å². The molecular weight excluding hydrogens is 548 g/mol. The van der Waals surface area contributed by atoms with Crippen molar-refractivity contribution < 1.29 is 0 Å². The summed E-state index contributed by atoms with van der Waals surface area (Å²) in [5, 5.41) is 24.0. The molecule has 0 saturated carbocycles. The molecule has 0 fully saturated rings. The SMILES string of the molecule is Cn1ncc2cncc(-n3c(=O)c4sc(-c5c(Cl)cccc5-c5cncc(C#N)c5)cc4n(CCC#N)c3=O)c21. The van der Waals surface area contributed by atoms with Gasteiger partial charge in [0.05, 0.1) is 47.2 Å². The summed E-state index contributed by atoms with van der Waals surface area (Å²) in [5.41, 5.74) is 2.62. The number of halogens is 1. The molecule has 0 aliphatic heterocycles. The van der Waals surface area contributed by atoms with Gasteiger partial charge in [-0.2, -0.15) is 15.6 Å². The number of thiophene rings is 1. The second-order valence-electron chi connectivity index (χ2n) is 8.91. The fourth-order valence-corrected chi connectivity index (χ4v) is 6.30. The predicted octanol–water partition coefficient (Wildman–Crippen LogP) is 4.66. The highest BCUT2D eigenvalue weighted by Crippen LogP contribution is 2.42. The van der Waals surface area contributed by atoms with Gasteiger partial charge in [0.15, 0.2) is 0 Å². The minimum absolute atomic E-state index is 0.0660. The third-order valence-corrected chi connectivity index (χ3v) is 8.01. The summed E-state index contributed by atoms with van der Waals surface area (Å²) in [7, 11) is 1.72. The van der Waals surface area contributed by atoms with E-state index in [9.17, 15) is 20.1 Å². The lowest BCUT2D eigenvalue weighted by Gasteiger charge is -2.12. The Balaban J connectivity index is 1.67. The van der Waals surface area contributed by atoms with E-state index in [2.05, 4.69) is 27.2 Å². The molecule has 6 aromatic rings. The topological polar surface area (TPSA) is 135 Å². The van der Waals surface area contributed by atoms with Gasteiger partial charge in [0.1, 0.15) is 10.8 Å². The smallest absolute Gasteiger partial charge is 0.291 e. The highest BCUT2D eigenvalue weighted by molar-refractivity contribution is 7.22. The Morgan fingerprint density at radius 2 is 1.88 bits per heavy atom. The van der Waals surface area contributed by atoms with E-state index < -0.39 is 11.2 Å². The lowest BCUT2D eigenvalue weighted by molar-refractivity contribution is 0.662. The summed E-state index contributed by atoms with van der Waals surface area (Å²) in [5.74, 6) is 0. The molecule has 12 heteroatoms. The van der Waals surface area contributed by atoms with Crippen molar-refractivity contribution in [2.45, 2.75) is 13.0 Å². The van der Waals surface area contributed by atoms with E-state index >= 15 is 0 Å². The number of aryl methyl sites for hydroxylation is 2. The van der Waals surface area contributed by atoms with Crippen molar-refractivity contribution in [3.63, 3.8) is 0 Å². The number of hydrogen-bond acceptors (Lipinski definition) is 8. The van der Waals surface area contributed by atoms with Crippen LogP contribution in [0.25, 0.3) is 48.4 Å². The number of nitriles is 2. The monoisotopic (exact) mass is 564 g/mol. The highest BCUT2D eigenvalue weighted by Gasteiger charge is 2.22. The Morgan fingerprint density at radius 1 is 1.05 bits per heavy atom. The Kier molecular flexibility index (Phi) is 6.23. The fourth-order valence-electron chi connectivity index (χ4n) is 4.80. The number of fused-ring (bicyclic) bond motifs is 2. The zero-order chi connectivity index (χ0) is 28.0. The average Bonchev–Trinajstić information content (AvgIpc) is 3.57. The van der Waals surface area contributed by atoms with Gasteiger partial charge >= 0.3 is 5.69 Å². The first kappa shape index (κ1) is 25.2. The first-order valence-electron chi connectivity index (χ1n) is 12.0. The van der Waals surface area contributed by atoms with Crippen LogP contribution in [0.5, 0.6) is 0 Å². The van der Waals surface area contributed by atoms with Crippen molar-refractivity contribution in [2.75, 3.05) is 0 Å². The fraction of sp³-hybridized carbons (Fsp3) is 0.107. The summed E-state index contributed by atoms with van der Waals surface area (Å²) >= 11 is 7.91. The molecule has 0 aliphatic carbocycles. The minimum atomic E-state index is -0.585. The molecule has 1 aromatic carbocycles. The second kappa shape index (κ2) is 9.89. The Hall–Kier alpha value is -5.10. The molecular formula is C28H17ClN8O2S. The van der Waals surface area contributed by atoms with E-state index in [0.29, 0.717) is 53.4 Å². The number of hydrogen-bond donors (Lipinski definition) is 0. The van der Waals surface area contributed by atoms with Crippen molar-refractivity contribution in [2.24, 2.45) is 7.05 Å². The summed E-state index contributed by atoms with van der Waals surface area (Å²) in [6, 6.07) is 13.0. The maximum absolute atomic E-state index is 14.0. The number of nitrogens with zero attached hydrogens (tertiary/aromatic N) is 8. The molecule has 6 rings (SSSR count). The molecule has 5 aromatic heterocycles. The predicted molar refractivity (Wildman–Crippen MR) is 152 cm³/mol.